The average Bonchev–Trinajstić information content (AvgIpc) is 2.41. The van der Waals surface area contributed by atoms with E-state index in [1.54, 1.807) is 14.2 Å². The van der Waals surface area contributed by atoms with Crippen LogP contribution >= 0.6 is 0 Å². The molecule has 1 aromatic rings. The summed E-state index contributed by atoms with van der Waals surface area (Å²) < 4.78 is 10.9. The summed E-state index contributed by atoms with van der Waals surface area (Å²) in [5.41, 5.74) is 1.43. The number of nitrogens with one attached hydrogen (secondary N) is 1. The Hall–Kier alpha value is -1.22. The zero-order valence-electron chi connectivity index (χ0n) is 13.7. The fourth-order valence-electron chi connectivity index (χ4n) is 2.33. The maximum atomic E-state index is 5.52. The summed E-state index contributed by atoms with van der Waals surface area (Å²) >= 11 is 0. The molecule has 114 valence electrons. The van der Waals surface area contributed by atoms with Crippen molar-refractivity contribution in [2.24, 2.45) is 5.41 Å². The molecule has 1 unspecified atom stereocenters. The molecule has 20 heavy (non-hydrogen) atoms. The number of hydrogen-bond donors (Lipinski definition) is 1. The van der Waals surface area contributed by atoms with E-state index in [0.29, 0.717) is 0 Å². The summed E-state index contributed by atoms with van der Waals surface area (Å²) in [5, 5.41) is 3.63. The topological polar surface area (TPSA) is 30.5 Å². The lowest BCUT2D eigenvalue weighted by molar-refractivity contribution is 0.303. The summed E-state index contributed by atoms with van der Waals surface area (Å²) in [6.45, 7) is 9.98. The Morgan fingerprint density at radius 2 is 1.85 bits per heavy atom. The van der Waals surface area contributed by atoms with Crippen molar-refractivity contribution in [3.05, 3.63) is 23.8 Å². The fraction of sp³-hybridized carbons (Fsp3) is 0.647. The van der Waals surface area contributed by atoms with Crippen LogP contribution in [0.1, 0.15) is 52.1 Å². The lowest BCUT2D eigenvalue weighted by Gasteiger charge is -2.28. The Kier molecular flexibility index (Phi) is 6.34. The zero-order chi connectivity index (χ0) is 15.2. The van der Waals surface area contributed by atoms with Crippen molar-refractivity contribution < 1.29 is 9.47 Å². The Balaban J connectivity index is 3.09. The third-order valence-corrected chi connectivity index (χ3v) is 3.27. The van der Waals surface area contributed by atoms with Crippen LogP contribution < -0.4 is 14.8 Å². The number of benzene rings is 1. The minimum atomic E-state index is 0.250. The van der Waals surface area contributed by atoms with E-state index in [-0.39, 0.29) is 11.5 Å². The van der Waals surface area contributed by atoms with Gasteiger partial charge in [-0.3, -0.25) is 0 Å². The molecule has 3 nitrogen and oxygen atoms in total. The predicted octanol–water partition coefficient (Wildman–Crippen LogP) is 4.18. The van der Waals surface area contributed by atoms with Gasteiger partial charge in [-0.05, 0) is 43.0 Å². The van der Waals surface area contributed by atoms with Crippen molar-refractivity contribution >= 4 is 0 Å². The summed E-state index contributed by atoms with van der Waals surface area (Å²) in [6.07, 6.45) is 2.17. The van der Waals surface area contributed by atoms with E-state index in [1.165, 1.54) is 5.56 Å². The van der Waals surface area contributed by atoms with E-state index in [4.69, 9.17) is 9.47 Å². The van der Waals surface area contributed by atoms with Gasteiger partial charge in [0, 0.05) is 11.6 Å². The van der Waals surface area contributed by atoms with E-state index < -0.39 is 0 Å². The van der Waals surface area contributed by atoms with Crippen molar-refractivity contribution in [3.63, 3.8) is 0 Å². The van der Waals surface area contributed by atoms with Crippen LogP contribution in [-0.4, -0.2) is 20.8 Å². The molecule has 0 aliphatic heterocycles. The Morgan fingerprint density at radius 1 is 1.15 bits per heavy atom. The van der Waals surface area contributed by atoms with Gasteiger partial charge in [0.1, 0.15) is 11.5 Å². The van der Waals surface area contributed by atoms with E-state index in [2.05, 4.69) is 39.1 Å². The third kappa shape index (κ3) is 5.04. The van der Waals surface area contributed by atoms with Gasteiger partial charge in [-0.1, -0.05) is 27.7 Å². The van der Waals surface area contributed by atoms with Crippen LogP contribution in [-0.2, 0) is 0 Å². The monoisotopic (exact) mass is 279 g/mol. The molecule has 1 aromatic carbocycles. The standard InChI is InChI=1S/C17H29NO2/c1-7-10-18-15(12-17(2,3)4)14-11-13(19-5)8-9-16(14)20-6/h8-9,11,15,18H,7,10,12H2,1-6H3. The first-order chi connectivity index (χ1) is 9.41. The molecule has 0 aliphatic rings. The first-order valence-electron chi connectivity index (χ1n) is 7.36. The number of hydrogen-bond acceptors (Lipinski definition) is 3. The van der Waals surface area contributed by atoms with Crippen LogP contribution in [0.2, 0.25) is 0 Å². The lowest BCUT2D eigenvalue weighted by Crippen LogP contribution is -2.26. The quantitative estimate of drug-likeness (QED) is 0.812. The summed E-state index contributed by atoms with van der Waals surface area (Å²) in [6, 6.07) is 6.28. The minimum Gasteiger partial charge on any atom is -0.497 e. The van der Waals surface area contributed by atoms with Gasteiger partial charge in [0.15, 0.2) is 0 Å². The van der Waals surface area contributed by atoms with Crippen molar-refractivity contribution in [1.29, 1.82) is 0 Å². The molecule has 0 aliphatic carbocycles. The highest BCUT2D eigenvalue weighted by Crippen LogP contribution is 2.36. The summed E-state index contributed by atoms with van der Waals surface area (Å²) in [4.78, 5) is 0. The number of rotatable bonds is 7. The van der Waals surface area contributed by atoms with Crippen molar-refractivity contribution in [1.82, 2.24) is 5.32 Å². The van der Waals surface area contributed by atoms with Crippen LogP contribution in [0.5, 0.6) is 11.5 Å². The van der Waals surface area contributed by atoms with Gasteiger partial charge >= 0.3 is 0 Å². The summed E-state index contributed by atoms with van der Waals surface area (Å²) in [5.74, 6) is 1.79. The molecule has 0 radical (unpaired) electrons. The molecule has 1 rings (SSSR count). The van der Waals surface area contributed by atoms with Gasteiger partial charge in [0.25, 0.3) is 0 Å². The zero-order valence-corrected chi connectivity index (χ0v) is 13.7. The van der Waals surface area contributed by atoms with Crippen LogP contribution in [0.3, 0.4) is 0 Å². The number of ether oxygens (including phenoxy) is 2. The highest BCUT2D eigenvalue weighted by atomic mass is 16.5. The number of methoxy groups -OCH3 is 2. The average molecular weight is 279 g/mol. The first-order valence-corrected chi connectivity index (χ1v) is 7.36. The smallest absolute Gasteiger partial charge is 0.123 e. The minimum absolute atomic E-state index is 0.250. The van der Waals surface area contributed by atoms with Gasteiger partial charge in [-0.2, -0.15) is 0 Å². The lowest BCUT2D eigenvalue weighted by atomic mass is 9.85. The molecular formula is C17H29NO2. The highest BCUT2D eigenvalue weighted by molar-refractivity contribution is 5.42. The molecule has 0 saturated heterocycles. The first kappa shape index (κ1) is 16.8. The Labute approximate surface area is 123 Å². The third-order valence-electron chi connectivity index (χ3n) is 3.27. The summed E-state index contributed by atoms with van der Waals surface area (Å²) in [7, 11) is 3.42. The molecule has 0 bridgehead atoms. The van der Waals surface area contributed by atoms with Gasteiger partial charge < -0.3 is 14.8 Å². The normalized spacial score (nSPS) is 13.1. The Morgan fingerprint density at radius 3 is 2.35 bits per heavy atom. The van der Waals surface area contributed by atoms with E-state index >= 15 is 0 Å². The van der Waals surface area contributed by atoms with Crippen molar-refractivity contribution in [2.45, 2.75) is 46.6 Å². The Bertz CT molecular complexity index is 410. The van der Waals surface area contributed by atoms with Crippen LogP contribution in [0.4, 0.5) is 0 Å². The van der Waals surface area contributed by atoms with Gasteiger partial charge in [-0.25, -0.2) is 0 Å². The molecule has 0 fully saturated rings. The second-order valence-corrected chi connectivity index (χ2v) is 6.38. The second kappa shape index (κ2) is 7.53. The van der Waals surface area contributed by atoms with Gasteiger partial charge in [0.2, 0.25) is 0 Å². The molecular weight excluding hydrogens is 250 g/mol. The van der Waals surface area contributed by atoms with Gasteiger partial charge in [-0.15, -0.1) is 0 Å². The van der Waals surface area contributed by atoms with E-state index in [0.717, 1.165) is 30.9 Å². The largest absolute Gasteiger partial charge is 0.497 e. The molecule has 0 saturated carbocycles. The SMILES string of the molecule is CCCNC(CC(C)(C)C)c1cc(OC)ccc1OC. The van der Waals surface area contributed by atoms with Crippen LogP contribution in [0, 0.1) is 5.41 Å². The molecule has 1 N–H and O–H groups in total. The van der Waals surface area contributed by atoms with E-state index in [9.17, 15) is 0 Å². The van der Waals surface area contributed by atoms with Crippen molar-refractivity contribution in [3.8, 4) is 11.5 Å². The molecule has 3 heteroatoms. The molecule has 0 amide bonds. The van der Waals surface area contributed by atoms with E-state index in [1.807, 2.05) is 12.1 Å². The molecule has 1 atom stereocenters. The predicted molar refractivity (Wildman–Crippen MR) is 84.7 cm³/mol. The van der Waals surface area contributed by atoms with Gasteiger partial charge in [0.05, 0.1) is 14.2 Å². The molecule has 0 aromatic heterocycles. The molecule has 0 spiro atoms. The fourth-order valence-corrected chi connectivity index (χ4v) is 2.33. The van der Waals surface area contributed by atoms with Crippen molar-refractivity contribution in [2.75, 3.05) is 20.8 Å². The highest BCUT2D eigenvalue weighted by Gasteiger charge is 2.22. The molecule has 0 heterocycles. The maximum absolute atomic E-state index is 5.52. The van der Waals surface area contributed by atoms with Crippen LogP contribution in [0.15, 0.2) is 18.2 Å². The maximum Gasteiger partial charge on any atom is 0.123 e. The van der Waals surface area contributed by atoms with Crippen LogP contribution in [0.25, 0.3) is 0 Å². The second-order valence-electron chi connectivity index (χ2n) is 6.38.